The fourth-order valence-electron chi connectivity index (χ4n) is 1.19. The minimum absolute atomic E-state index is 0.419. The van der Waals surface area contributed by atoms with Crippen molar-refractivity contribution in [1.82, 2.24) is 4.98 Å². The Bertz CT molecular complexity index is 481. The number of aromatic nitrogens is 1. The monoisotopic (exact) mass is 277 g/mol. The first kappa shape index (κ1) is 11.2. The largest absolute Gasteiger partial charge is 0.248 e. The van der Waals surface area contributed by atoms with Crippen molar-refractivity contribution in [3.8, 4) is 10.4 Å². The van der Waals surface area contributed by atoms with Gasteiger partial charge in [0, 0.05) is 11.8 Å². The number of rotatable bonds is 2. The maximum atomic E-state index is 6.09. The van der Waals surface area contributed by atoms with Crippen LogP contribution >= 0.6 is 46.1 Å². The van der Waals surface area contributed by atoms with Crippen LogP contribution in [0.4, 0.5) is 0 Å². The molecule has 1 nitrogen and oxygen atoms in total. The molecule has 0 aliphatic carbocycles. The topological polar surface area (TPSA) is 12.9 Å². The highest BCUT2D eigenvalue weighted by molar-refractivity contribution is 7.15. The van der Waals surface area contributed by atoms with Crippen LogP contribution in [0.5, 0.6) is 0 Å². The maximum absolute atomic E-state index is 6.09. The molecular weight excluding hydrogens is 273 g/mol. The van der Waals surface area contributed by atoms with Gasteiger partial charge < -0.3 is 0 Å². The fourth-order valence-corrected chi connectivity index (χ4v) is 2.68. The van der Waals surface area contributed by atoms with Crippen molar-refractivity contribution < 1.29 is 0 Å². The Morgan fingerprint density at radius 2 is 2.07 bits per heavy atom. The zero-order chi connectivity index (χ0) is 10.8. The van der Waals surface area contributed by atoms with E-state index in [1.54, 1.807) is 12.3 Å². The van der Waals surface area contributed by atoms with E-state index in [9.17, 15) is 0 Å². The molecule has 15 heavy (non-hydrogen) atoms. The van der Waals surface area contributed by atoms with Crippen molar-refractivity contribution >= 4 is 46.1 Å². The third kappa shape index (κ3) is 2.28. The average Bonchev–Trinajstić information content (AvgIpc) is 2.70. The highest BCUT2D eigenvalue weighted by Gasteiger charge is 2.09. The average molecular weight is 279 g/mol. The van der Waals surface area contributed by atoms with Gasteiger partial charge in [0.25, 0.3) is 0 Å². The van der Waals surface area contributed by atoms with Crippen LogP contribution in [0.2, 0.25) is 10.0 Å². The molecular formula is C10H6Cl3NS. The Morgan fingerprint density at radius 3 is 2.73 bits per heavy atom. The Labute approximate surface area is 107 Å². The summed E-state index contributed by atoms with van der Waals surface area (Å²) in [5, 5.41) is 1.99. The zero-order valence-electron chi connectivity index (χ0n) is 7.51. The number of benzene rings is 1. The highest BCUT2D eigenvalue weighted by atomic mass is 35.5. The molecule has 0 bridgehead atoms. The molecule has 0 atom stereocenters. The van der Waals surface area contributed by atoms with E-state index < -0.39 is 0 Å². The third-order valence-electron chi connectivity index (χ3n) is 1.88. The molecule has 0 aliphatic heterocycles. The number of hydrogen-bond acceptors (Lipinski definition) is 2. The summed E-state index contributed by atoms with van der Waals surface area (Å²) >= 11 is 19.2. The first-order valence-corrected chi connectivity index (χ1v) is 6.28. The summed E-state index contributed by atoms with van der Waals surface area (Å²) in [6.07, 6.45) is 1.76. The molecule has 0 N–H and O–H groups in total. The highest BCUT2D eigenvalue weighted by Crippen LogP contribution is 2.36. The molecule has 0 unspecified atom stereocenters. The van der Waals surface area contributed by atoms with E-state index in [0.29, 0.717) is 15.9 Å². The van der Waals surface area contributed by atoms with E-state index in [0.717, 1.165) is 15.4 Å². The van der Waals surface area contributed by atoms with Gasteiger partial charge >= 0.3 is 0 Å². The minimum Gasteiger partial charge on any atom is -0.248 e. The van der Waals surface area contributed by atoms with Crippen LogP contribution in [-0.4, -0.2) is 4.98 Å². The number of thiazole rings is 1. The predicted molar refractivity (Wildman–Crippen MR) is 67.1 cm³/mol. The van der Waals surface area contributed by atoms with Crippen LogP contribution in [0.3, 0.4) is 0 Å². The lowest BCUT2D eigenvalue weighted by Gasteiger charge is -2.01. The van der Waals surface area contributed by atoms with Crippen molar-refractivity contribution in [1.29, 1.82) is 0 Å². The minimum atomic E-state index is 0.419. The summed E-state index contributed by atoms with van der Waals surface area (Å²) < 4.78 is 0. The van der Waals surface area contributed by atoms with Crippen LogP contribution in [0, 0.1) is 0 Å². The number of hydrogen-bond donors (Lipinski definition) is 0. The van der Waals surface area contributed by atoms with E-state index in [2.05, 4.69) is 4.98 Å². The van der Waals surface area contributed by atoms with E-state index in [-0.39, 0.29) is 0 Å². The third-order valence-corrected chi connectivity index (χ3v) is 4.15. The van der Waals surface area contributed by atoms with Crippen molar-refractivity contribution in [3.63, 3.8) is 0 Å². The van der Waals surface area contributed by atoms with Crippen LogP contribution in [0.25, 0.3) is 10.4 Å². The van der Waals surface area contributed by atoms with E-state index >= 15 is 0 Å². The molecule has 0 radical (unpaired) electrons. The van der Waals surface area contributed by atoms with Gasteiger partial charge in [-0.1, -0.05) is 35.3 Å². The number of nitrogens with zero attached hydrogens (tertiary/aromatic N) is 1. The molecule has 0 fully saturated rings. The molecule has 0 amide bonds. The molecule has 0 saturated heterocycles. The van der Waals surface area contributed by atoms with Crippen molar-refractivity contribution in [2.75, 3.05) is 0 Å². The van der Waals surface area contributed by atoms with Gasteiger partial charge in [0.1, 0.15) is 5.01 Å². The van der Waals surface area contributed by atoms with Gasteiger partial charge in [0.05, 0.1) is 20.8 Å². The standard InChI is InChI=1S/C10H6Cl3NS/c11-4-9-14-5-8(15-9)6-2-1-3-7(12)10(6)13/h1-3,5H,4H2. The summed E-state index contributed by atoms with van der Waals surface area (Å²) in [5.74, 6) is 0.419. The van der Waals surface area contributed by atoms with Crippen molar-refractivity contribution in [3.05, 3.63) is 39.4 Å². The molecule has 2 aromatic rings. The van der Waals surface area contributed by atoms with Crippen LogP contribution in [-0.2, 0) is 5.88 Å². The molecule has 1 heterocycles. The number of halogens is 3. The van der Waals surface area contributed by atoms with Crippen molar-refractivity contribution in [2.24, 2.45) is 0 Å². The van der Waals surface area contributed by atoms with Gasteiger partial charge in [-0.2, -0.15) is 0 Å². The van der Waals surface area contributed by atoms with Crippen LogP contribution < -0.4 is 0 Å². The Kier molecular flexibility index (Phi) is 3.52. The molecule has 1 aromatic carbocycles. The van der Waals surface area contributed by atoms with Gasteiger partial charge in [-0.3, -0.25) is 0 Å². The van der Waals surface area contributed by atoms with Gasteiger partial charge in [-0.15, -0.1) is 22.9 Å². The maximum Gasteiger partial charge on any atom is 0.108 e. The lowest BCUT2D eigenvalue weighted by atomic mass is 10.2. The summed E-state index contributed by atoms with van der Waals surface area (Å²) in [5.41, 5.74) is 0.901. The smallest absolute Gasteiger partial charge is 0.108 e. The molecule has 0 spiro atoms. The zero-order valence-corrected chi connectivity index (χ0v) is 10.6. The van der Waals surface area contributed by atoms with E-state index in [1.165, 1.54) is 11.3 Å². The molecule has 5 heteroatoms. The molecule has 78 valence electrons. The second-order valence-corrected chi connectivity index (χ2v) is 5.02. The molecule has 2 rings (SSSR count). The summed E-state index contributed by atoms with van der Waals surface area (Å²) in [7, 11) is 0. The molecule has 1 aromatic heterocycles. The first-order valence-electron chi connectivity index (χ1n) is 4.17. The Hall–Kier alpha value is -0.280. The summed E-state index contributed by atoms with van der Waals surface area (Å²) in [6, 6.07) is 5.54. The second-order valence-electron chi connectivity index (χ2n) is 2.85. The van der Waals surface area contributed by atoms with Crippen LogP contribution in [0.15, 0.2) is 24.4 Å². The molecule has 0 saturated carbocycles. The molecule has 0 aliphatic rings. The van der Waals surface area contributed by atoms with Gasteiger partial charge in [-0.05, 0) is 6.07 Å². The first-order chi connectivity index (χ1) is 7.22. The van der Waals surface area contributed by atoms with E-state index in [4.69, 9.17) is 34.8 Å². The Morgan fingerprint density at radius 1 is 1.27 bits per heavy atom. The van der Waals surface area contributed by atoms with Gasteiger partial charge in [0.2, 0.25) is 0 Å². The van der Waals surface area contributed by atoms with E-state index in [1.807, 2.05) is 12.1 Å². The normalized spacial score (nSPS) is 10.6. The lowest BCUT2D eigenvalue weighted by molar-refractivity contribution is 1.26. The second kappa shape index (κ2) is 4.71. The summed E-state index contributed by atoms with van der Waals surface area (Å²) in [4.78, 5) is 5.15. The van der Waals surface area contributed by atoms with Crippen molar-refractivity contribution in [2.45, 2.75) is 5.88 Å². The summed E-state index contributed by atoms with van der Waals surface area (Å²) in [6.45, 7) is 0. The van der Waals surface area contributed by atoms with Gasteiger partial charge in [-0.25, -0.2) is 4.98 Å². The lowest BCUT2D eigenvalue weighted by Crippen LogP contribution is -1.75. The fraction of sp³-hybridized carbons (Fsp3) is 0.100. The quantitative estimate of drug-likeness (QED) is 0.715. The SMILES string of the molecule is ClCc1ncc(-c2cccc(Cl)c2Cl)s1. The predicted octanol–water partition coefficient (Wildman–Crippen LogP) is 4.86. The Balaban J connectivity index is 2.49. The van der Waals surface area contributed by atoms with Gasteiger partial charge in [0.15, 0.2) is 0 Å². The van der Waals surface area contributed by atoms with Crippen LogP contribution in [0.1, 0.15) is 5.01 Å². The number of alkyl halides is 1.